The van der Waals surface area contributed by atoms with E-state index in [1.807, 2.05) is 18.5 Å². The van der Waals surface area contributed by atoms with Gasteiger partial charge in [0, 0.05) is 31.5 Å². The number of nitrogens with zero attached hydrogens (tertiary/aromatic N) is 2. The lowest BCUT2D eigenvalue weighted by atomic mass is 10.1. The van der Waals surface area contributed by atoms with Crippen LogP contribution in [0.2, 0.25) is 0 Å². The summed E-state index contributed by atoms with van der Waals surface area (Å²) >= 11 is 0. The third kappa shape index (κ3) is 4.84. The van der Waals surface area contributed by atoms with E-state index >= 15 is 0 Å². The van der Waals surface area contributed by atoms with Crippen LogP contribution in [0.25, 0.3) is 0 Å². The molecule has 0 saturated heterocycles. The van der Waals surface area contributed by atoms with E-state index in [9.17, 15) is 0 Å². The van der Waals surface area contributed by atoms with Crippen LogP contribution in [0, 0.1) is 5.92 Å². The molecule has 0 aromatic carbocycles. The lowest BCUT2D eigenvalue weighted by molar-refractivity contribution is 0.273. The number of hydrogen-bond acceptors (Lipinski definition) is 3. The monoisotopic (exact) mass is 233 g/mol. The molecule has 17 heavy (non-hydrogen) atoms. The summed E-state index contributed by atoms with van der Waals surface area (Å²) in [5.74, 6) is 0.706. The molecule has 0 amide bonds. The average molecular weight is 233 g/mol. The summed E-state index contributed by atoms with van der Waals surface area (Å²) < 4.78 is 0. The van der Waals surface area contributed by atoms with Crippen LogP contribution in [0.1, 0.15) is 25.3 Å². The van der Waals surface area contributed by atoms with Crippen molar-refractivity contribution in [2.75, 3.05) is 20.1 Å². The molecule has 1 aromatic heterocycles. The van der Waals surface area contributed by atoms with Crippen molar-refractivity contribution in [3.8, 4) is 0 Å². The van der Waals surface area contributed by atoms with Gasteiger partial charge in [0.2, 0.25) is 0 Å². The van der Waals surface area contributed by atoms with Gasteiger partial charge in [-0.2, -0.15) is 0 Å². The molecule has 0 spiro atoms. The van der Waals surface area contributed by atoms with E-state index in [4.69, 9.17) is 0 Å². The topological polar surface area (TPSA) is 28.2 Å². The van der Waals surface area contributed by atoms with Crippen LogP contribution >= 0.6 is 0 Å². The van der Waals surface area contributed by atoms with Gasteiger partial charge in [0.25, 0.3) is 0 Å². The van der Waals surface area contributed by atoms with Crippen molar-refractivity contribution in [3.63, 3.8) is 0 Å². The lowest BCUT2D eigenvalue weighted by Crippen LogP contribution is -2.31. The van der Waals surface area contributed by atoms with Crippen LogP contribution in [0.4, 0.5) is 0 Å². The van der Waals surface area contributed by atoms with E-state index in [2.05, 4.69) is 35.2 Å². The molecule has 1 saturated carbocycles. The van der Waals surface area contributed by atoms with Gasteiger partial charge >= 0.3 is 0 Å². The van der Waals surface area contributed by atoms with Crippen molar-refractivity contribution in [3.05, 3.63) is 30.1 Å². The highest BCUT2D eigenvalue weighted by molar-refractivity contribution is 5.07. The first-order valence-corrected chi connectivity index (χ1v) is 6.55. The third-order valence-corrected chi connectivity index (χ3v) is 3.13. The van der Waals surface area contributed by atoms with Gasteiger partial charge in [-0.25, -0.2) is 0 Å². The molecule has 1 aliphatic rings. The SMILES string of the molecule is CC(CNC1CC1)CN(C)Cc1cccnc1. The summed E-state index contributed by atoms with van der Waals surface area (Å²) in [6.45, 7) is 5.58. The molecule has 0 bridgehead atoms. The summed E-state index contributed by atoms with van der Waals surface area (Å²) in [5, 5.41) is 3.59. The minimum Gasteiger partial charge on any atom is -0.314 e. The highest BCUT2D eigenvalue weighted by atomic mass is 15.1. The van der Waals surface area contributed by atoms with Gasteiger partial charge < -0.3 is 10.2 Å². The van der Waals surface area contributed by atoms with Crippen LogP contribution in [0.15, 0.2) is 24.5 Å². The van der Waals surface area contributed by atoms with Gasteiger partial charge in [-0.3, -0.25) is 4.98 Å². The molecule has 1 unspecified atom stereocenters. The van der Waals surface area contributed by atoms with E-state index in [1.165, 1.54) is 18.4 Å². The summed E-state index contributed by atoms with van der Waals surface area (Å²) in [7, 11) is 2.18. The van der Waals surface area contributed by atoms with Crippen LogP contribution in [-0.2, 0) is 6.54 Å². The Morgan fingerprint density at radius 3 is 3.00 bits per heavy atom. The fraction of sp³-hybridized carbons (Fsp3) is 0.643. The van der Waals surface area contributed by atoms with E-state index < -0.39 is 0 Å². The third-order valence-electron chi connectivity index (χ3n) is 3.13. The molecule has 1 aromatic rings. The predicted molar refractivity (Wildman–Crippen MR) is 70.8 cm³/mol. The van der Waals surface area contributed by atoms with Crippen molar-refractivity contribution >= 4 is 0 Å². The smallest absolute Gasteiger partial charge is 0.0312 e. The zero-order valence-corrected chi connectivity index (χ0v) is 10.9. The summed E-state index contributed by atoms with van der Waals surface area (Å²) in [4.78, 5) is 6.52. The van der Waals surface area contributed by atoms with Crippen molar-refractivity contribution in [1.29, 1.82) is 0 Å². The maximum atomic E-state index is 4.15. The van der Waals surface area contributed by atoms with Crippen LogP contribution in [0.3, 0.4) is 0 Å². The Labute approximate surface area is 104 Å². The quantitative estimate of drug-likeness (QED) is 0.779. The largest absolute Gasteiger partial charge is 0.314 e. The summed E-state index contributed by atoms with van der Waals surface area (Å²) in [6, 6.07) is 4.96. The lowest BCUT2D eigenvalue weighted by Gasteiger charge is -2.21. The molecular weight excluding hydrogens is 210 g/mol. The average Bonchev–Trinajstić information content (AvgIpc) is 3.11. The van der Waals surface area contributed by atoms with Gasteiger partial charge in [0.05, 0.1) is 0 Å². The fourth-order valence-corrected chi connectivity index (χ4v) is 2.12. The Balaban J connectivity index is 1.66. The maximum absolute atomic E-state index is 4.15. The fourth-order valence-electron chi connectivity index (χ4n) is 2.12. The van der Waals surface area contributed by atoms with Crippen molar-refractivity contribution < 1.29 is 0 Å². The molecular formula is C14H23N3. The second-order valence-electron chi connectivity index (χ2n) is 5.35. The second kappa shape index (κ2) is 6.12. The van der Waals surface area contributed by atoms with E-state index in [0.29, 0.717) is 5.92 Å². The number of hydrogen-bond donors (Lipinski definition) is 1. The zero-order valence-electron chi connectivity index (χ0n) is 10.9. The molecule has 1 aliphatic carbocycles. The molecule has 0 radical (unpaired) electrons. The van der Waals surface area contributed by atoms with Gasteiger partial charge in [-0.1, -0.05) is 13.0 Å². The molecule has 1 fully saturated rings. The molecule has 1 N–H and O–H groups in total. The summed E-state index contributed by atoms with van der Waals surface area (Å²) in [5.41, 5.74) is 1.29. The van der Waals surface area contributed by atoms with Crippen molar-refractivity contribution in [1.82, 2.24) is 15.2 Å². The Bertz CT molecular complexity index is 321. The van der Waals surface area contributed by atoms with Crippen LogP contribution < -0.4 is 5.32 Å². The Morgan fingerprint density at radius 1 is 1.53 bits per heavy atom. The minimum atomic E-state index is 0.706. The molecule has 2 rings (SSSR count). The van der Waals surface area contributed by atoms with E-state index in [1.54, 1.807) is 0 Å². The number of pyridine rings is 1. The van der Waals surface area contributed by atoms with E-state index in [0.717, 1.165) is 25.7 Å². The van der Waals surface area contributed by atoms with Gasteiger partial charge in [0.15, 0.2) is 0 Å². The van der Waals surface area contributed by atoms with Crippen molar-refractivity contribution in [2.45, 2.75) is 32.4 Å². The first-order valence-electron chi connectivity index (χ1n) is 6.55. The number of nitrogens with one attached hydrogen (secondary N) is 1. The van der Waals surface area contributed by atoms with E-state index in [-0.39, 0.29) is 0 Å². The molecule has 1 heterocycles. The summed E-state index contributed by atoms with van der Waals surface area (Å²) in [6.07, 6.45) is 6.52. The highest BCUT2D eigenvalue weighted by Gasteiger charge is 2.21. The predicted octanol–water partition coefficient (Wildman–Crippen LogP) is 1.90. The van der Waals surface area contributed by atoms with Gasteiger partial charge in [0.1, 0.15) is 0 Å². The molecule has 3 nitrogen and oxygen atoms in total. The first-order chi connectivity index (χ1) is 8.24. The van der Waals surface area contributed by atoms with Crippen LogP contribution in [-0.4, -0.2) is 36.1 Å². The minimum absolute atomic E-state index is 0.706. The normalized spacial score (nSPS) is 17.4. The van der Waals surface area contributed by atoms with Crippen LogP contribution in [0.5, 0.6) is 0 Å². The maximum Gasteiger partial charge on any atom is 0.0312 e. The second-order valence-corrected chi connectivity index (χ2v) is 5.35. The zero-order chi connectivity index (χ0) is 12.1. The molecule has 3 heteroatoms. The molecule has 94 valence electrons. The molecule has 0 aliphatic heterocycles. The standard InChI is InChI=1S/C14H23N3/c1-12(8-16-14-5-6-14)10-17(2)11-13-4-3-7-15-9-13/h3-4,7,9,12,14,16H,5-6,8,10-11H2,1-2H3. The van der Waals surface area contributed by atoms with Crippen molar-refractivity contribution in [2.24, 2.45) is 5.92 Å². The Kier molecular flexibility index (Phi) is 4.51. The van der Waals surface area contributed by atoms with Gasteiger partial charge in [-0.05, 0) is 44.0 Å². The Hall–Kier alpha value is -0.930. The number of aromatic nitrogens is 1. The highest BCUT2D eigenvalue weighted by Crippen LogP contribution is 2.18. The van der Waals surface area contributed by atoms with Gasteiger partial charge in [-0.15, -0.1) is 0 Å². The Morgan fingerprint density at radius 2 is 2.35 bits per heavy atom. The molecule has 1 atom stereocenters. The first kappa shape index (κ1) is 12.5. The number of rotatable bonds is 7.